The molecule has 0 radical (unpaired) electrons. The molecule has 0 spiro atoms. The van der Waals surface area contributed by atoms with Gasteiger partial charge in [-0.05, 0) is 42.7 Å². The van der Waals surface area contributed by atoms with E-state index in [0.717, 1.165) is 35.2 Å². The Morgan fingerprint density at radius 1 is 1.24 bits per heavy atom. The monoisotopic (exact) mass is 279 g/mol. The molecule has 1 atom stereocenters. The van der Waals surface area contributed by atoms with Crippen molar-refractivity contribution in [1.29, 1.82) is 0 Å². The van der Waals surface area contributed by atoms with E-state index in [0.29, 0.717) is 6.04 Å². The Kier molecular flexibility index (Phi) is 2.77. The lowest BCUT2D eigenvalue weighted by Gasteiger charge is -2.28. The van der Waals surface area contributed by atoms with Crippen molar-refractivity contribution >= 4 is 22.3 Å². The Labute approximate surface area is 122 Å². The summed E-state index contributed by atoms with van der Waals surface area (Å²) in [6, 6.07) is 8.66. The number of benzene rings is 1. The molecule has 3 N–H and O–H groups in total. The Bertz CT molecular complexity index is 765. The van der Waals surface area contributed by atoms with Crippen LogP contribution in [-0.4, -0.2) is 21.7 Å². The second-order valence-electron chi connectivity index (χ2n) is 5.50. The van der Waals surface area contributed by atoms with E-state index < -0.39 is 0 Å². The van der Waals surface area contributed by atoms with Gasteiger partial charge in [0.1, 0.15) is 0 Å². The molecule has 4 rings (SSSR count). The molecule has 2 aromatic heterocycles. The van der Waals surface area contributed by atoms with Gasteiger partial charge in [0.15, 0.2) is 0 Å². The fourth-order valence-electron chi connectivity index (χ4n) is 3.23. The van der Waals surface area contributed by atoms with Crippen LogP contribution >= 0.6 is 0 Å². The predicted octanol–water partition coefficient (Wildman–Crippen LogP) is 2.88. The summed E-state index contributed by atoms with van der Waals surface area (Å²) in [5.74, 6) is 0. The molecule has 3 aromatic rings. The summed E-state index contributed by atoms with van der Waals surface area (Å²) >= 11 is 0. The SMILES string of the molecule is Nc1cc2cn[nH]c2cc1N1CCCC1c1ccncc1. The lowest BCUT2D eigenvalue weighted by Crippen LogP contribution is -2.23. The molecule has 5 nitrogen and oxygen atoms in total. The first kappa shape index (κ1) is 12.2. The lowest BCUT2D eigenvalue weighted by atomic mass is 10.1. The molecular weight excluding hydrogens is 262 g/mol. The summed E-state index contributed by atoms with van der Waals surface area (Å²) in [6.45, 7) is 1.02. The number of nitrogens with two attached hydrogens (primary N) is 1. The minimum Gasteiger partial charge on any atom is -0.397 e. The summed E-state index contributed by atoms with van der Waals surface area (Å²) in [5.41, 5.74) is 10.5. The van der Waals surface area contributed by atoms with Crippen LogP contribution in [0.15, 0.2) is 42.9 Å². The van der Waals surface area contributed by atoms with Gasteiger partial charge in [-0.1, -0.05) is 0 Å². The molecule has 0 bridgehead atoms. The van der Waals surface area contributed by atoms with Gasteiger partial charge in [-0.2, -0.15) is 5.10 Å². The maximum Gasteiger partial charge on any atom is 0.0672 e. The number of pyridine rings is 1. The number of anilines is 2. The first-order valence-electron chi connectivity index (χ1n) is 7.22. The molecule has 1 saturated heterocycles. The summed E-state index contributed by atoms with van der Waals surface area (Å²) in [5, 5.41) is 8.15. The number of nitrogens with one attached hydrogen (secondary N) is 1. The van der Waals surface area contributed by atoms with Crippen LogP contribution in [0.3, 0.4) is 0 Å². The third kappa shape index (κ3) is 2.01. The Hall–Kier alpha value is -2.56. The summed E-state index contributed by atoms with van der Waals surface area (Å²) in [4.78, 5) is 6.50. The van der Waals surface area contributed by atoms with Crippen molar-refractivity contribution in [3.05, 3.63) is 48.4 Å². The largest absolute Gasteiger partial charge is 0.397 e. The lowest BCUT2D eigenvalue weighted by molar-refractivity contribution is 0.719. The molecule has 21 heavy (non-hydrogen) atoms. The van der Waals surface area contributed by atoms with E-state index in [1.807, 2.05) is 18.5 Å². The van der Waals surface area contributed by atoms with Crippen molar-refractivity contribution in [2.24, 2.45) is 0 Å². The van der Waals surface area contributed by atoms with Crippen LogP contribution in [0.5, 0.6) is 0 Å². The number of aromatic amines is 1. The van der Waals surface area contributed by atoms with Gasteiger partial charge in [0.25, 0.3) is 0 Å². The third-order valence-electron chi connectivity index (χ3n) is 4.24. The minimum absolute atomic E-state index is 0.371. The molecule has 1 fully saturated rings. The van der Waals surface area contributed by atoms with Gasteiger partial charge in [-0.15, -0.1) is 0 Å². The van der Waals surface area contributed by atoms with Crippen LogP contribution in [0.1, 0.15) is 24.4 Å². The van der Waals surface area contributed by atoms with Gasteiger partial charge < -0.3 is 10.6 Å². The quantitative estimate of drug-likeness (QED) is 0.708. The number of aromatic nitrogens is 3. The van der Waals surface area contributed by atoms with Gasteiger partial charge in [0.2, 0.25) is 0 Å². The molecule has 1 aliphatic heterocycles. The first-order valence-corrected chi connectivity index (χ1v) is 7.22. The normalized spacial score (nSPS) is 18.5. The van der Waals surface area contributed by atoms with Gasteiger partial charge >= 0.3 is 0 Å². The highest BCUT2D eigenvalue weighted by atomic mass is 15.2. The standard InChI is InChI=1S/C16H17N5/c17-13-8-12-10-19-20-14(12)9-16(13)21-7-1-2-15(21)11-3-5-18-6-4-11/h3-6,8-10,15H,1-2,7,17H2,(H,19,20). The minimum atomic E-state index is 0.371. The van der Waals surface area contributed by atoms with Crippen molar-refractivity contribution < 1.29 is 0 Å². The zero-order valence-electron chi connectivity index (χ0n) is 11.7. The van der Waals surface area contributed by atoms with E-state index in [1.165, 1.54) is 12.0 Å². The number of nitrogens with zero attached hydrogens (tertiary/aromatic N) is 3. The van der Waals surface area contributed by atoms with E-state index in [-0.39, 0.29) is 0 Å². The van der Waals surface area contributed by atoms with Crippen LogP contribution in [0, 0.1) is 0 Å². The topological polar surface area (TPSA) is 70.8 Å². The summed E-state index contributed by atoms with van der Waals surface area (Å²) in [6.07, 6.45) is 7.83. The van der Waals surface area contributed by atoms with Crippen molar-refractivity contribution in [3.8, 4) is 0 Å². The van der Waals surface area contributed by atoms with Crippen LogP contribution in [0.2, 0.25) is 0 Å². The Morgan fingerprint density at radius 3 is 2.95 bits per heavy atom. The molecule has 106 valence electrons. The molecule has 0 aliphatic carbocycles. The van der Waals surface area contributed by atoms with E-state index in [2.05, 4.69) is 38.3 Å². The van der Waals surface area contributed by atoms with E-state index >= 15 is 0 Å². The fraction of sp³-hybridized carbons (Fsp3) is 0.250. The van der Waals surface area contributed by atoms with Crippen molar-refractivity contribution in [2.75, 3.05) is 17.2 Å². The third-order valence-corrected chi connectivity index (χ3v) is 4.24. The molecule has 1 unspecified atom stereocenters. The van der Waals surface area contributed by atoms with Gasteiger partial charge in [0, 0.05) is 24.3 Å². The number of rotatable bonds is 2. The van der Waals surface area contributed by atoms with Crippen molar-refractivity contribution in [2.45, 2.75) is 18.9 Å². The first-order chi connectivity index (χ1) is 10.3. The molecule has 1 aromatic carbocycles. The van der Waals surface area contributed by atoms with Gasteiger partial charge in [-0.3, -0.25) is 10.1 Å². The molecule has 0 amide bonds. The average molecular weight is 279 g/mol. The van der Waals surface area contributed by atoms with E-state index in [1.54, 1.807) is 6.20 Å². The highest BCUT2D eigenvalue weighted by Gasteiger charge is 2.27. The molecular formula is C16H17N5. The number of nitrogen functional groups attached to an aromatic ring is 1. The van der Waals surface area contributed by atoms with Gasteiger partial charge in [0.05, 0.1) is 29.1 Å². The molecule has 0 saturated carbocycles. The number of fused-ring (bicyclic) bond motifs is 1. The number of hydrogen-bond donors (Lipinski definition) is 2. The number of hydrogen-bond acceptors (Lipinski definition) is 4. The molecule has 1 aliphatic rings. The average Bonchev–Trinajstić information content (AvgIpc) is 3.15. The Balaban J connectivity index is 1.78. The smallest absolute Gasteiger partial charge is 0.0672 e. The van der Waals surface area contributed by atoms with Crippen LogP contribution in [0.4, 0.5) is 11.4 Å². The molecule has 5 heteroatoms. The Morgan fingerprint density at radius 2 is 2.10 bits per heavy atom. The maximum atomic E-state index is 6.27. The van der Waals surface area contributed by atoms with E-state index in [9.17, 15) is 0 Å². The molecule has 3 heterocycles. The fourth-order valence-corrected chi connectivity index (χ4v) is 3.23. The van der Waals surface area contributed by atoms with Crippen LogP contribution < -0.4 is 10.6 Å². The second kappa shape index (κ2) is 4.77. The van der Waals surface area contributed by atoms with Crippen LogP contribution in [-0.2, 0) is 0 Å². The predicted molar refractivity (Wildman–Crippen MR) is 84.1 cm³/mol. The zero-order valence-corrected chi connectivity index (χ0v) is 11.7. The maximum absolute atomic E-state index is 6.27. The highest BCUT2D eigenvalue weighted by Crippen LogP contribution is 2.39. The van der Waals surface area contributed by atoms with Crippen LogP contribution in [0.25, 0.3) is 10.9 Å². The summed E-state index contributed by atoms with van der Waals surface area (Å²) in [7, 11) is 0. The van der Waals surface area contributed by atoms with E-state index in [4.69, 9.17) is 5.73 Å². The van der Waals surface area contributed by atoms with Crippen molar-refractivity contribution in [3.63, 3.8) is 0 Å². The second-order valence-corrected chi connectivity index (χ2v) is 5.50. The van der Waals surface area contributed by atoms with Gasteiger partial charge in [-0.25, -0.2) is 0 Å². The zero-order chi connectivity index (χ0) is 14.2. The highest BCUT2D eigenvalue weighted by molar-refractivity contribution is 5.89. The number of H-pyrrole nitrogens is 1. The van der Waals surface area contributed by atoms with Crippen molar-refractivity contribution in [1.82, 2.24) is 15.2 Å². The summed E-state index contributed by atoms with van der Waals surface area (Å²) < 4.78 is 0.